The molecule has 0 unspecified atom stereocenters. The highest BCUT2D eigenvalue weighted by atomic mass is 14.4. The van der Waals surface area contributed by atoms with Crippen LogP contribution in [0, 0.1) is 10.8 Å². The van der Waals surface area contributed by atoms with Crippen LogP contribution in [-0.2, 0) is 6.42 Å². The molecular formula is C18H25B. The number of rotatable bonds is 1. The van der Waals surface area contributed by atoms with Gasteiger partial charge < -0.3 is 0 Å². The summed E-state index contributed by atoms with van der Waals surface area (Å²) in [6, 6.07) is 8.88. The van der Waals surface area contributed by atoms with Crippen molar-refractivity contribution in [2.75, 3.05) is 0 Å². The Kier molecular flexibility index (Phi) is 2.92. The minimum atomic E-state index is 0.450. The fourth-order valence-electron chi connectivity index (χ4n) is 3.75. The molecule has 0 amide bonds. The first-order valence-corrected chi connectivity index (χ1v) is 7.67. The Hall–Kier alpha value is -0.975. The van der Waals surface area contributed by atoms with E-state index in [4.69, 9.17) is 0 Å². The molecule has 0 N–H and O–H groups in total. The minimum Gasteiger partial charge on any atom is -0.0962 e. The first-order valence-electron chi connectivity index (χ1n) is 7.67. The predicted molar refractivity (Wildman–Crippen MR) is 85.7 cm³/mol. The van der Waals surface area contributed by atoms with Crippen molar-refractivity contribution >= 4 is 12.8 Å². The summed E-state index contributed by atoms with van der Waals surface area (Å²) >= 11 is 0. The number of hydrogen-bond acceptors (Lipinski definition) is 0. The normalized spacial score (nSPS) is 24.0. The Labute approximate surface area is 118 Å². The summed E-state index contributed by atoms with van der Waals surface area (Å²) in [5.74, 6) is 0. The van der Waals surface area contributed by atoms with Gasteiger partial charge in [0.25, 0.3) is 0 Å². The van der Waals surface area contributed by atoms with Gasteiger partial charge in [0.15, 0.2) is 6.71 Å². The van der Waals surface area contributed by atoms with Gasteiger partial charge in [-0.15, -0.1) is 0 Å². The van der Waals surface area contributed by atoms with Gasteiger partial charge in [-0.1, -0.05) is 82.6 Å². The molecule has 1 aliphatic carbocycles. The largest absolute Gasteiger partial charge is 0.171 e. The first-order chi connectivity index (χ1) is 8.89. The lowest BCUT2D eigenvalue weighted by molar-refractivity contribution is 0.115. The molecule has 0 spiro atoms. The fourth-order valence-corrected chi connectivity index (χ4v) is 3.75. The predicted octanol–water partition coefficient (Wildman–Crippen LogP) is 5.12. The molecule has 1 fully saturated rings. The Morgan fingerprint density at radius 3 is 2.42 bits per heavy atom. The Morgan fingerprint density at radius 1 is 1.00 bits per heavy atom. The van der Waals surface area contributed by atoms with Gasteiger partial charge in [0.1, 0.15) is 0 Å². The minimum absolute atomic E-state index is 0.450. The maximum absolute atomic E-state index is 2.47. The van der Waals surface area contributed by atoms with Crippen molar-refractivity contribution < 1.29 is 0 Å². The van der Waals surface area contributed by atoms with Gasteiger partial charge in [0.2, 0.25) is 0 Å². The number of allylic oxidation sites excluding steroid dienone is 1. The van der Waals surface area contributed by atoms with Gasteiger partial charge in [-0.3, -0.25) is 0 Å². The zero-order valence-electron chi connectivity index (χ0n) is 12.8. The average molecular weight is 252 g/mol. The van der Waals surface area contributed by atoms with Crippen molar-refractivity contribution in [3.05, 3.63) is 40.9 Å². The van der Waals surface area contributed by atoms with Crippen molar-refractivity contribution in [1.29, 1.82) is 0 Å². The van der Waals surface area contributed by atoms with E-state index in [9.17, 15) is 0 Å². The maximum atomic E-state index is 2.47. The Bertz CT molecular complexity index is 522. The SMILES string of the molecule is CC1(C)CCB(C2=Cc3ccccc3C2)CC1(C)C. The summed E-state index contributed by atoms with van der Waals surface area (Å²) in [5, 5.41) is 0. The fraction of sp³-hybridized carbons (Fsp3) is 0.556. The smallest absolute Gasteiger partial charge is 0.0962 e. The highest BCUT2D eigenvalue weighted by molar-refractivity contribution is 6.68. The molecule has 1 aliphatic heterocycles. The molecule has 0 radical (unpaired) electrons. The molecule has 0 nitrogen and oxygen atoms in total. The summed E-state index contributed by atoms with van der Waals surface area (Å²) < 4.78 is 0. The zero-order valence-corrected chi connectivity index (χ0v) is 12.8. The average Bonchev–Trinajstić information content (AvgIpc) is 2.76. The molecule has 0 saturated carbocycles. The maximum Gasteiger partial charge on any atom is 0.171 e. The van der Waals surface area contributed by atoms with E-state index in [1.807, 2.05) is 0 Å². The Morgan fingerprint density at radius 2 is 1.74 bits per heavy atom. The molecule has 1 heterocycles. The van der Waals surface area contributed by atoms with Crippen LogP contribution in [0.1, 0.15) is 45.2 Å². The highest BCUT2D eigenvalue weighted by Crippen LogP contribution is 2.52. The first kappa shape index (κ1) is 13.0. The molecule has 0 bridgehead atoms. The molecule has 0 atom stereocenters. The van der Waals surface area contributed by atoms with E-state index in [2.05, 4.69) is 58.0 Å². The van der Waals surface area contributed by atoms with Crippen LogP contribution in [0.5, 0.6) is 0 Å². The second-order valence-corrected chi connectivity index (χ2v) is 7.80. The van der Waals surface area contributed by atoms with Gasteiger partial charge in [-0.25, -0.2) is 0 Å². The van der Waals surface area contributed by atoms with Gasteiger partial charge >= 0.3 is 0 Å². The molecule has 19 heavy (non-hydrogen) atoms. The lowest BCUT2D eigenvalue weighted by atomic mass is 9.30. The molecule has 1 aromatic rings. The van der Waals surface area contributed by atoms with E-state index in [0.29, 0.717) is 10.8 Å². The van der Waals surface area contributed by atoms with Crippen molar-refractivity contribution in [2.45, 2.75) is 53.2 Å². The third-order valence-corrected chi connectivity index (χ3v) is 6.02. The monoisotopic (exact) mass is 252 g/mol. The molecule has 3 rings (SSSR count). The van der Waals surface area contributed by atoms with E-state index >= 15 is 0 Å². The van der Waals surface area contributed by atoms with Crippen LogP contribution in [0.3, 0.4) is 0 Å². The molecule has 1 heteroatoms. The summed E-state index contributed by atoms with van der Waals surface area (Å²) in [6.45, 7) is 10.6. The van der Waals surface area contributed by atoms with Crippen LogP contribution in [0.15, 0.2) is 29.7 Å². The van der Waals surface area contributed by atoms with E-state index in [1.165, 1.54) is 36.6 Å². The summed E-state index contributed by atoms with van der Waals surface area (Å²) in [7, 11) is 0. The molecule has 2 aliphatic rings. The third-order valence-electron chi connectivity index (χ3n) is 6.02. The molecule has 0 aromatic heterocycles. The zero-order chi connectivity index (χ0) is 13.7. The van der Waals surface area contributed by atoms with Crippen molar-refractivity contribution in [2.24, 2.45) is 10.8 Å². The highest BCUT2D eigenvalue weighted by Gasteiger charge is 2.44. The van der Waals surface area contributed by atoms with Crippen molar-refractivity contribution in [3.8, 4) is 0 Å². The molecule has 1 saturated heterocycles. The topological polar surface area (TPSA) is 0 Å². The van der Waals surface area contributed by atoms with Gasteiger partial charge in [0.05, 0.1) is 0 Å². The van der Waals surface area contributed by atoms with Gasteiger partial charge in [0, 0.05) is 0 Å². The van der Waals surface area contributed by atoms with Crippen LogP contribution in [0.4, 0.5) is 0 Å². The van der Waals surface area contributed by atoms with E-state index in [0.717, 1.165) is 6.71 Å². The van der Waals surface area contributed by atoms with Gasteiger partial charge in [-0.05, 0) is 28.4 Å². The van der Waals surface area contributed by atoms with Crippen molar-refractivity contribution in [1.82, 2.24) is 0 Å². The van der Waals surface area contributed by atoms with Crippen LogP contribution < -0.4 is 0 Å². The van der Waals surface area contributed by atoms with E-state index in [-0.39, 0.29) is 0 Å². The quantitative estimate of drug-likeness (QED) is 0.609. The molecule has 1 aromatic carbocycles. The third kappa shape index (κ3) is 2.18. The summed E-state index contributed by atoms with van der Waals surface area (Å²) in [4.78, 5) is 0. The summed E-state index contributed by atoms with van der Waals surface area (Å²) in [5.41, 5.74) is 5.60. The second-order valence-electron chi connectivity index (χ2n) is 7.80. The lowest BCUT2D eigenvalue weighted by Crippen LogP contribution is -2.42. The van der Waals surface area contributed by atoms with Crippen LogP contribution in [0.25, 0.3) is 6.08 Å². The second kappa shape index (κ2) is 4.26. The van der Waals surface area contributed by atoms with Gasteiger partial charge in [-0.2, -0.15) is 0 Å². The van der Waals surface area contributed by atoms with Crippen LogP contribution in [-0.4, -0.2) is 6.71 Å². The molecular weight excluding hydrogens is 227 g/mol. The Balaban J connectivity index is 1.80. The van der Waals surface area contributed by atoms with E-state index < -0.39 is 0 Å². The van der Waals surface area contributed by atoms with E-state index in [1.54, 1.807) is 5.47 Å². The van der Waals surface area contributed by atoms with Crippen molar-refractivity contribution in [3.63, 3.8) is 0 Å². The number of benzene rings is 1. The standard InChI is InChI=1S/C18H25B/c1-17(2)9-10-19(13-18(17,3)4)16-11-14-7-5-6-8-15(14)12-16/h5-8,11H,9-10,12-13H2,1-4H3. The lowest BCUT2D eigenvalue weighted by Gasteiger charge is -2.48. The number of hydrogen-bond donors (Lipinski definition) is 0. The number of fused-ring (bicyclic) bond motifs is 1. The summed E-state index contributed by atoms with van der Waals surface area (Å²) in [6.07, 6.45) is 7.74. The van der Waals surface area contributed by atoms with Crippen LogP contribution in [0.2, 0.25) is 12.6 Å². The molecule has 100 valence electrons. The van der Waals surface area contributed by atoms with Crippen LogP contribution >= 0.6 is 0 Å².